The van der Waals surface area contributed by atoms with Crippen LogP contribution in [0.15, 0.2) is 0 Å². The second-order valence-corrected chi connectivity index (χ2v) is 4.23. The highest BCUT2D eigenvalue weighted by atomic mass is 16.4. The van der Waals surface area contributed by atoms with Gasteiger partial charge in [0.1, 0.15) is 5.54 Å². The second kappa shape index (κ2) is 4.98. The van der Waals surface area contributed by atoms with E-state index in [-0.39, 0.29) is 0 Å². The molecule has 0 bridgehead atoms. The van der Waals surface area contributed by atoms with Gasteiger partial charge in [0, 0.05) is 7.05 Å². The summed E-state index contributed by atoms with van der Waals surface area (Å²) in [6, 6.07) is 0. The second-order valence-electron chi connectivity index (χ2n) is 4.23. The monoisotopic (exact) mass is 201 g/mol. The molecule has 0 aromatic rings. The largest absolute Gasteiger partial charge is 0.480 e. The van der Waals surface area contributed by atoms with E-state index < -0.39 is 11.5 Å². The zero-order chi connectivity index (χ0) is 11.4. The minimum atomic E-state index is -1.08. The van der Waals surface area contributed by atoms with E-state index in [0.717, 1.165) is 6.42 Å². The van der Waals surface area contributed by atoms with E-state index in [1.165, 1.54) is 11.9 Å². The predicted octanol–water partition coefficient (Wildman–Crippen LogP) is 1.35. The number of hydrogen-bond donors (Lipinski definition) is 1. The van der Waals surface area contributed by atoms with Gasteiger partial charge in [0.05, 0.1) is 0 Å². The summed E-state index contributed by atoms with van der Waals surface area (Å²) in [5.41, 5.74) is -1.08. The van der Waals surface area contributed by atoms with Crippen molar-refractivity contribution in [3.05, 3.63) is 0 Å². The molecule has 14 heavy (non-hydrogen) atoms. The fourth-order valence-electron chi connectivity index (χ4n) is 1.12. The van der Waals surface area contributed by atoms with Crippen molar-refractivity contribution < 1.29 is 14.7 Å². The number of carboxylic acids is 1. The normalized spacial score (nSPS) is 14.9. The first-order valence-electron chi connectivity index (χ1n) is 4.76. The summed E-state index contributed by atoms with van der Waals surface area (Å²) in [5, 5.41) is 9.05. The maximum Gasteiger partial charge on any atom is 0.329 e. The maximum absolute atomic E-state index is 11.0. The first-order valence-corrected chi connectivity index (χ1v) is 4.76. The minimum absolute atomic E-state index is 0.439. The Hall–Kier alpha value is -1.06. The number of carboxylic acid groups (broad SMARTS) is 1. The van der Waals surface area contributed by atoms with Crippen LogP contribution < -0.4 is 0 Å². The van der Waals surface area contributed by atoms with Crippen molar-refractivity contribution in [2.45, 2.75) is 39.2 Å². The number of rotatable bonds is 6. The Morgan fingerprint density at radius 1 is 1.57 bits per heavy atom. The molecule has 0 saturated heterocycles. The molecule has 0 rings (SSSR count). The fourth-order valence-corrected chi connectivity index (χ4v) is 1.12. The molecule has 0 aromatic carbocycles. The number of amides is 1. The molecule has 1 unspecified atom stereocenters. The SMILES string of the molecule is CC(C)CCC(C)(C(=O)O)N(C)C=O. The fraction of sp³-hybridized carbons (Fsp3) is 0.800. The summed E-state index contributed by atoms with van der Waals surface area (Å²) in [5.74, 6) is -0.513. The maximum atomic E-state index is 11.0. The lowest BCUT2D eigenvalue weighted by atomic mass is 9.91. The van der Waals surface area contributed by atoms with E-state index in [2.05, 4.69) is 0 Å². The zero-order valence-corrected chi connectivity index (χ0v) is 9.28. The van der Waals surface area contributed by atoms with Crippen molar-refractivity contribution in [1.29, 1.82) is 0 Å². The Labute approximate surface area is 84.9 Å². The number of likely N-dealkylation sites (N-methyl/N-ethyl adjacent to an activating group) is 1. The zero-order valence-electron chi connectivity index (χ0n) is 9.28. The molecule has 0 aliphatic carbocycles. The molecule has 0 heterocycles. The average molecular weight is 201 g/mol. The van der Waals surface area contributed by atoms with Crippen LogP contribution in [0.25, 0.3) is 0 Å². The molecule has 4 nitrogen and oxygen atoms in total. The van der Waals surface area contributed by atoms with Crippen LogP contribution in [0.3, 0.4) is 0 Å². The molecule has 0 radical (unpaired) electrons. The lowest BCUT2D eigenvalue weighted by Crippen LogP contribution is -2.50. The van der Waals surface area contributed by atoms with Crippen molar-refractivity contribution in [2.24, 2.45) is 5.92 Å². The van der Waals surface area contributed by atoms with Gasteiger partial charge in [-0.1, -0.05) is 13.8 Å². The van der Waals surface area contributed by atoms with E-state index in [1.807, 2.05) is 13.8 Å². The van der Waals surface area contributed by atoms with E-state index in [4.69, 9.17) is 5.11 Å². The quantitative estimate of drug-likeness (QED) is 0.660. The van der Waals surface area contributed by atoms with Crippen LogP contribution in [0, 0.1) is 5.92 Å². The molecule has 0 fully saturated rings. The smallest absolute Gasteiger partial charge is 0.329 e. The summed E-state index contributed by atoms with van der Waals surface area (Å²) >= 11 is 0. The van der Waals surface area contributed by atoms with Crippen LogP contribution in [0.5, 0.6) is 0 Å². The topological polar surface area (TPSA) is 57.6 Å². The van der Waals surface area contributed by atoms with Gasteiger partial charge in [-0.3, -0.25) is 4.79 Å². The molecule has 0 aromatic heterocycles. The molecular weight excluding hydrogens is 182 g/mol. The van der Waals surface area contributed by atoms with Crippen molar-refractivity contribution in [3.8, 4) is 0 Å². The van der Waals surface area contributed by atoms with Crippen LogP contribution in [-0.2, 0) is 9.59 Å². The van der Waals surface area contributed by atoms with Crippen molar-refractivity contribution in [3.63, 3.8) is 0 Å². The molecule has 0 spiro atoms. The number of carbonyl (C=O) groups is 2. The average Bonchev–Trinajstić information content (AvgIpc) is 2.12. The van der Waals surface area contributed by atoms with Crippen molar-refractivity contribution in [1.82, 2.24) is 4.90 Å². The van der Waals surface area contributed by atoms with Crippen LogP contribution in [0.2, 0.25) is 0 Å². The Morgan fingerprint density at radius 2 is 2.07 bits per heavy atom. The van der Waals surface area contributed by atoms with E-state index in [1.54, 1.807) is 6.92 Å². The van der Waals surface area contributed by atoms with Gasteiger partial charge < -0.3 is 10.0 Å². The number of aliphatic carboxylic acids is 1. The number of nitrogens with zero attached hydrogens (tertiary/aromatic N) is 1. The third-order valence-electron chi connectivity index (χ3n) is 2.61. The third-order valence-corrected chi connectivity index (χ3v) is 2.61. The highest BCUT2D eigenvalue weighted by molar-refractivity contribution is 5.80. The summed E-state index contributed by atoms with van der Waals surface area (Å²) in [6.45, 7) is 5.64. The lowest BCUT2D eigenvalue weighted by Gasteiger charge is -2.32. The van der Waals surface area contributed by atoms with E-state index in [0.29, 0.717) is 18.7 Å². The van der Waals surface area contributed by atoms with Crippen molar-refractivity contribution >= 4 is 12.4 Å². The standard InChI is InChI=1S/C10H19NO3/c1-8(2)5-6-10(3,9(13)14)11(4)7-12/h7-8H,5-6H2,1-4H3,(H,13,14). The summed E-state index contributed by atoms with van der Waals surface area (Å²) < 4.78 is 0. The first-order chi connectivity index (χ1) is 6.34. The first kappa shape index (κ1) is 12.9. The highest BCUT2D eigenvalue weighted by Gasteiger charge is 2.36. The molecule has 82 valence electrons. The van der Waals surface area contributed by atoms with Crippen LogP contribution in [0.1, 0.15) is 33.6 Å². The Morgan fingerprint density at radius 3 is 2.36 bits per heavy atom. The van der Waals surface area contributed by atoms with Crippen LogP contribution >= 0.6 is 0 Å². The molecule has 1 atom stereocenters. The molecule has 0 aliphatic rings. The lowest BCUT2D eigenvalue weighted by molar-refractivity contribution is -0.153. The summed E-state index contributed by atoms with van der Waals surface area (Å²) in [4.78, 5) is 22.8. The highest BCUT2D eigenvalue weighted by Crippen LogP contribution is 2.21. The van der Waals surface area contributed by atoms with Gasteiger partial charge in [-0.2, -0.15) is 0 Å². The number of carbonyl (C=O) groups excluding carboxylic acids is 1. The summed E-state index contributed by atoms with van der Waals surface area (Å²) in [7, 11) is 1.50. The molecule has 1 N–H and O–H groups in total. The Balaban J connectivity index is 4.55. The third kappa shape index (κ3) is 3.01. The van der Waals surface area contributed by atoms with E-state index in [9.17, 15) is 9.59 Å². The van der Waals surface area contributed by atoms with Gasteiger partial charge in [-0.15, -0.1) is 0 Å². The van der Waals surface area contributed by atoms with Gasteiger partial charge in [-0.25, -0.2) is 4.79 Å². The predicted molar refractivity (Wildman–Crippen MR) is 53.9 cm³/mol. The Bertz CT molecular complexity index is 215. The van der Waals surface area contributed by atoms with E-state index >= 15 is 0 Å². The summed E-state index contributed by atoms with van der Waals surface area (Å²) in [6.07, 6.45) is 1.84. The van der Waals surface area contributed by atoms with Gasteiger partial charge >= 0.3 is 5.97 Å². The van der Waals surface area contributed by atoms with Gasteiger partial charge in [0.2, 0.25) is 6.41 Å². The van der Waals surface area contributed by atoms with Crippen LogP contribution in [0.4, 0.5) is 0 Å². The minimum Gasteiger partial charge on any atom is -0.480 e. The van der Waals surface area contributed by atoms with Gasteiger partial charge in [-0.05, 0) is 25.7 Å². The molecule has 4 heteroatoms. The molecular formula is C10H19NO3. The molecule has 0 saturated carbocycles. The molecule has 0 aliphatic heterocycles. The van der Waals surface area contributed by atoms with Gasteiger partial charge in [0.15, 0.2) is 0 Å². The van der Waals surface area contributed by atoms with Gasteiger partial charge in [0.25, 0.3) is 0 Å². The Kier molecular flexibility index (Phi) is 4.60. The number of hydrogen-bond acceptors (Lipinski definition) is 2. The van der Waals surface area contributed by atoms with Crippen molar-refractivity contribution in [2.75, 3.05) is 7.05 Å². The van der Waals surface area contributed by atoms with Crippen LogP contribution in [-0.4, -0.2) is 35.0 Å². The molecule has 1 amide bonds.